The van der Waals surface area contributed by atoms with Gasteiger partial charge in [-0.1, -0.05) is 11.6 Å². The summed E-state index contributed by atoms with van der Waals surface area (Å²) < 4.78 is 7.70. The van der Waals surface area contributed by atoms with Crippen molar-refractivity contribution in [1.29, 1.82) is 0 Å². The predicted molar refractivity (Wildman–Crippen MR) is 147 cm³/mol. The number of carbonyl (C=O) groups is 2. The van der Waals surface area contributed by atoms with Crippen LogP contribution in [0.5, 0.6) is 5.88 Å². The first-order valence-electron chi connectivity index (χ1n) is 14.1. The summed E-state index contributed by atoms with van der Waals surface area (Å²) in [5.41, 5.74) is 7.79. The van der Waals surface area contributed by atoms with E-state index in [4.69, 9.17) is 15.5 Å². The monoisotopic (exact) mass is 542 g/mol. The molecule has 1 spiro atoms. The molecule has 11 nitrogen and oxygen atoms in total. The van der Waals surface area contributed by atoms with E-state index in [9.17, 15) is 9.59 Å². The lowest BCUT2D eigenvalue weighted by atomic mass is 9.62. The largest absolute Gasteiger partial charge is 0.476 e. The summed E-state index contributed by atoms with van der Waals surface area (Å²) in [6.07, 6.45) is 11.9. The van der Waals surface area contributed by atoms with E-state index in [1.807, 2.05) is 12.1 Å². The van der Waals surface area contributed by atoms with Gasteiger partial charge in [-0.2, -0.15) is 4.98 Å². The van der Waals surface area contributed by atoms with Crippen molar-refractivity contribution < 1.29 is 14.3 Å². The van der Waals surface area contributed by atoms with Crippen molar-refractivity contribution in [2.24, 2.45) is 11.1 Å². The molecule has 3 fully saturated rings. The first kappa shape index (κ1) is 26.2. The SMILES string of the molecule is CN1CCC[C@H]1COc1cc(-n2cc(-c3cccnc3)nn2)nc(/C(N)=C2\CCC[C@@]3(CCCCC3=O)C2=O)n1. The summed E-state index contributed by atoms with van der Waals surface area (Å²) in [6.45, 7) is 1.50. The number of hydrogen-bond donors (Lipinski definition) is 1. The Balaban J connectivity index is 1.37. The molecule has 2 saturated carbocycles. The number of nitrogens with zero attached hydrogens (tertiary/aromatic N) is 7. The van der Waals surface area contributed by atoms with Crippen molar-refractivity contribution in [1.82, 2.24) is 34.8 Å². The summed E-state index contributed by atoms with van der Waals surface area (Å²) in [5.74, 6) is 0.823. The van der Waals surface area contributed by atoms with Crippen LogP contribution in [0.25, 0.3) is 22.8 Å². The lowest BCUT2D eigenvalue weighted by Crippen LogP contribution is -2.45. The van der Waals surface area contributed by atoms with Crippen molar-refractivity contribution in [2.45, 2.75) is 63.8 Å². The lowest BCUT2D eigenvalue weighted by molar-refractivity contribution is -0.143. The molecule has 2 N–H and O–H groups in total. The number of hydrogen-bond acceptors (Lipinski definition) is 10. The van der Waals surface area contributed by atoms with Crippen molar-refractivity contribution in [3.8, 4) is 23.0 Å². The molecule has 0 radical (unpaired) electrons. The molecular formula is C29H34N8O3. The fourth-order valence-electron chi connectivity index (χ4n) is 6.19. The molecule has 0 bridgehead atoms. The number of aromatic nitrogens is 6. The number of ether oxygens (including phenoxy) is 1. The maximum atomic E-state index is 13.8. The van der Waals surface area contributed by atoms with Gasteiger partial charge >= 0.3 is 0 Å². The maximum absolute atomic E-state index is 13.8. The van der Waals surface area contributed by atoms with Crippen LogP contribution in [0, 0.1) is 5.41 Å². The Morgan fingerprint density at radius 3 is 2.80 bits per heavy atom. The van der Waals surface area contributed by atoms with E-state index in [2.05, 4.69) is 32.2 Å². The molecule has 11 heteroatoms. The summed E-state index contributed by atoms with van der Waals surface area (Å²) in [4.78, 5) is 42.5. The van der Waals surface area contributed by atoms with E-state index in [1.54, 1.807) is 24.7 Å². The number of nitrogens with two attached hydrogens (primary N) is 1. The normalized spacial score (nSPS) is 25.0. The molecule has 208 valence electrons. The highest BCUT2D eigenvalue weighted by atomic mass is 16.5. The Kier molecular flexibility index (Phi) is 7.14. The highest BCUT2D eigenvalue weighted by Crippen LogP contribution is 2.45. The number of rotatable bonds is 6. The molecule has 3 aromatic heterocycles. The van der Waals surface area contributed by atoms with Gasteiger partial charge in [0, 0.05) is 42.1 Å². The van der Waals surface area contributed by atoms with Crippen LogP contribution in [0.3, 0.4) is 0 Å². The van der Waals surface area contributed by atoms with Gasteiger partial charge in [-0.25, -0.2) is 9.67 Å². The number of carbonyl (C=O) groups excluding carboxylic acids is 2. The molecule has 3 aromatic rings. The Morgan fingerprint density at radius 1 is 1.15 bits per heavy atom. The van der Waals surface area contributed by atoms with E-state index in [-0.39, 0.29) is 23.1 Å². The summed E-state index contributed by atoms with van der Waals surface area (Å²) >= 11 is 0. The molecule has 2 aliphatic carbocycles. The third-order valence-electron chi connectivity index (χ3n) is 8.57. The second-order valence-corrected chi connectivity index (χ2v) is 11.1. The number of ketones is 2. The quantitative estimate of drug-likeness (QED) is 0.365. The first-order valence-corrected chi connectivity index (χ1v) is 14.1. The zero-order valence-electron chi connectivity index (χ0n) is 22.8. The van der Waals surface area contributed by atoms with Gasteiger partial charge in [0.2, 0.25) is 5.88 Å². The van der Waals surface area contributed by atoms with E-state index in [0.717, 1.165) is 44.2 Å². The van der Waals surface area contributed by atoms with Crippen LogP contribution in [0.1, 0.15) is 63.6 Å². The molecular weight excluding hydrogens is 508 g/mol. The minimum Gasteiger partial charge on any atom is -0.476 e. The van der Waals surface area contributed by atoms with Crippen LogP contribution >= 0.6 is 0 Å². The van der Waals surface area contributed by atoms with E-state index in [0.29, 0.717) is 61.3 Å². The van der Waals surface area contributed by atoms with Crippen LogP contribution in [0.4, 0.5) is 0 Å². The van der Waals surface area contributed by atoms with Crippen LogP contribution in [0.2, 0.25) is 0 Å². The maximum Gasteiger partial charge on any atom is 0.219 e. The van der Waals surface area contributed by atoms with Crippen molar-refractivity contribution in [3.63, 3.8) is 0 Å². The first-order chi connectivity index (χ1) is 19.4. The van der Waals surface area contributed by atoms with Gasteiger partial charge in [-0.3, -0.25) is 14.6 Å². The van der Waals surface area contributed by atoms with Gasteiger partial charge in [0.25, 0.3) is 0 Å². The second kappa shape index (κ2) is 10.9. The van der Waals surface area contributed by atoms with Crippen molar-refractivity contribution >= 4 is 17.3 Å². The highest BCUT2D eigenvalue weighted by molar-refractivity contribution is 6.17. The van der Waals surface area contributed by atoms with Gasteiger partial charge in [0.15, 0.2) is 17.4 Å². The van der Waals surface area contributed by atoms with Gasteiger partial charge in [-0.05, 0) is 70.7 Å². The summed E-state index contributed by atoms with van der Waals surface area (Å²) in [5, 5.41) is 8.56. The Hall–Kier alpha value is -3.99. The van der Waals surface area contributed by atoms with Gasteiger partial charge in [0.05, 0.1) is 17.3 Å². The molecule has 0 unspecified atom stereocenters. The third-order valence-corrected chi connectivity index (χ3v) is 8.57. The second-order valence-electron chi connectivity index (χ2n) is 11.1. The lowest BCUT2D eigenvalue weighted by Gasteiger charge is -2.38. The Morgan fingerprint density at radius 2 is 2.02 bits per heavy atom. The number of pyridine rings is 1. The smallest absolute Gasteiger partial charge is 0.219 e. The van der Waals surface area contributed by atoms with Crippen LogP contribution < -0.4 is 10.5 Å². The summed E-state index contributed by atoms with van der Waals surface area (Å²) in [7, 11) is 2.09. The highest BCUT2D eigenvalue weighted by Gasteiger charge is 2.49. The van der Waals surface area contributed by atoms with Crippen LogP contribution in [-0.2, 0) is 9.59 Å². The third kappa shape index (κ3) is 4.90. The average molecular weight is 543 g/mol. The molecule has 40 heavy (non-hydrogen) atoms. The Labute approximate surface area is 232 Å². The number of allylic oxidation sites excluding steroid dienone is 1. The molecule has 3 aliphatic rings. The molecule has 0 amide bonds. The molecule has 4 heterocycles. The van der Waals surface area contributed by atoms with Crippen molar-refractivity contribution in [3.05, 3.63) is 48.2 Å². The van der Waals surface area contributed by atoms with Crippen molar-refractivity contribution in [2.75, 3.05) is 20.2 Å². The summed E-state index contributed by atoms with van der Waals surface area (Å²) in [6, 6.07) is 5.73. The van der Waals surface area contributed by atoms with E-state index in [1.165, 1.54) is 4.68 Å². The molecule has 6 rings (SSSR count). The molecule has 1 saturated heterocycles. The fraction of sp³-hybridized carbons (Fsp3) is 0.483. The van der Waals surface area contributed by atoms with E-state index < -0.39 is 5.41 Å². The molecule has 2 atom stereocenters. The number of likely N-dealkylation sites (tertiary alicyclic amines) is 1. The van der Waals surface area contributed by atoms with Gasteiger partial charge in [0.1, 0.15) is 18.1 Å². The zero-order chi connectivity index (χ0) is 27.7. The van der Waals surface area contributed by atoms with Gasteiger partial charge in [-0.15, -0.1) is 5.10 Å². The van der Waals surface area contributed by atoms with E-state index >= 15 is 0 Å². The van der Waals surface area contributed by atoms with Crippen LogP contribution in [0.15, 0.2) is 42.4 Å². The number of likely N-dealkylation sites (N-methyl/N-ethyl adjacent to an activating group) is 1. The minimum atomic E-state index is -0.953. The standard InChI is InChI=1S/C29H34N8O3/c1-36-14-6-8-20(36)18-40-25-15-24(37-17-22(34-35-37)19-7-5-13-31-16-19)32-28(33-25)26(30)21-9-4-12-29(27(21)39)11-3-2-10-23(29)38/h5,7,13,15-17,20H,2-4,6,8-12,14,18,30H2,1H3/b26-21-/t20-,29+/m0/s1. The topological polar surface area (TPSA) is 142 Å². The zero-order valence-corrected chi connectivity index (χ0v) is 22.8. The Bertz CT molecular complexity index is 1450. The predicted octanol–water partition coefficient (Wildman–Crippen LogP) is 3.14. The fourth-order valence-corrected chi connectivity index (χ4v) is 6.19. The minimum absolute atomic E-state index is 0.0404. The molecule has 0 aromatic carbocycles. The van der Waals surface area contributed by atoms with Gasteiger partial charge < -0.3 is 15.4 Å². The average Bonchev–Trinajstić information content (AvgIpc) is 3.64. The van der Waals surface area contributed by atoms with Crippen LogP contribution in [-0.4, -0.2) is 72.7 Å². The number of Topliss-reactive ketones (excluding diaryl/α,β-unsaturated/α-hetero) is 2. The molecule has 1 aliphatic heterocycles.